The number of nitrogens with one attached hydrogen (secondary N) is 1. The molecule has 1 atom stereocenters. The Kier molecular flexibility index (Phi) is 6.19. The fraction of sp³-hybridized carbons (Fsp3) is 0.667. The van der Waals surface area contributed by atoms with Gasteiger partial charge >= 0.3 is 0 Å². The Labute approximate surface area is 128 Å². The van der Waals surface area contributed by atoms with Crippen LogP contribution in [0.25, 0.3) is 0 Å². The van der Waals surface area contributed by atoms with Gasteiger partial charge in [-0.1, -0.05) is 39.0 Å². The highest BCUT2D eigenvalue weighted by atomic mass is 19.1. The molecule has 0 heterocycles. The van der Waals surface area contributed by atoms with E-state index in [-0.39, 0.29) is 11.9 Å². The average Bonchev–Trinajstić information content (AvgIpc) is 3.27. The second kappa shape index (κ2) is 7.90. The highest BCUT2D eigenvalue weighted by Gasteiger charge is 2.29. The zero-order valence-corrected chi connectivity index (χ0v) is 13.6. The van der Waals surface area contributed by atoms with Crippen LogP contribution in [0.4, 0.5) is 4.39 Å². The van der Waals surface area contributed by atoms with Crippen LogP contribution in [0.1, 0.15) is 51.6 Å². The van der Waals surface area contributed by atoms with Crippen LogP contribution in [0.15, 0.2) is 24.3 Å². The molecular formula is C18H29FN2. The molecule has 2 nitrogen and oxygen atoms in total. The summed E-state index contributed by atoms with van der Waals surface area (Å²) in [4.78, 5) is 2.59. The lowest BCUT2D eigenvalue weighted by molar-refractivity contribution is 0.221. The molecule has 1 aromatic carbocycles. The molecular weight excluding hydrogens is 263 g/mol. The quantitative estimate of drug-likeness (QED) is 0.740. The van der Waals surface area contributed by atoms with Crippen LogP contribution in [0.3, 0.4) is 0 Å². The number of hydrogen-bond donors (Lipinski definition) is 1. The normalized spacial score (nSPS) is 16.7. The maximum Gasteiger partial charge on any atom is 0.127 e. The number of rotatable bonds is 9. The summed E-state index contributed by atoms with van der Waals surface area (Å²) in [6.07, 6.45) is 3.63. The number of halogens is 1. The minimum atomic E-state index is -0.0923. The summed E-state index contributed by atoms with van der Waals surface area (Å²) in [7, 11) is 0. The summed E-state index contributed by atoms with van der Waals surface area (Å²) >= 11 is 0. The van der Waals surface area contributed by atoms with Gasteiger partial charge in [0.1, 0.15) is 5.82 Å². The van der Waals surface area contributed by atoms with Gasteiger partial charge in [0.2, 0.25) is 0 Å². The zero-order chi connectivity index (χ0) is 15.2. The van der Waals surface area contributed by atoms with Crippen LogP contribution in [-0.4, -0.2) is 30.6 Å². The van der Waals surface area contributed by atoms with Gasteiger partial charge in [0.15, 0.2) is 0 Å². The fourth-order valence-corrected chi connectivity index (χ4v) is 3.00. The lowest BCUT2D eigenvalue weighted by Crippen LogP contribution is -2.34. The third kappa shape index (κ3) is 5.08. The number of nitrogens with zero attached hydrogens (tertiary/aromatic N) is 1. The molecule has 0 saturated heterocycles. The molecule has 1 unspecified atom stereocenters. The first kappa shape index (κ1) is 16.4. The van der Waals surface area contributed by atoms with Crippen LogP contribution in [0.2, 0.25) is 0 Å². The summed E-state index contributed by atoms with van der Waals surface area (Å²) in [6, 6.07) is 8.05. The van der Waals surface area contributed by atoms with Gasteiger partial charge in [-0.2, -0.15) is 0 Å². The first-order chi connectivity index (χ1) is 10.1. The van der Waals surface area contributed by atoms with Gasteiger partial charge in [-0.25, -0.2) is 4.39 Å². The van der Waals surface area contributed by atoms with E-state index in [1.54, 1.807) is 12.1 Å². The van der Waals surface area contributed by atoms with E-state index in [0.29, 0.717) is 5.92 Å². The van der Waals surface area contributed by atoms with Crippen molar-refractivity contribution in [2.45, 2.75) is 52.1 Å². The van der Waals surface area contributed by atoms with Crippen molar-refractivity contribution in [2.24, 2.45) is 5.92 Å². The summed E-state index contributed by atoms with van der Waals surface area (Å²) < 4.78 is 14.0. The predicted octanol–water partition coefficient (Wildman–Crippen LogP) is 3.99. The Balaban J connectivity index is 1.97. The largest absolute Gasteiger partial charge is 0.310 e. The predicted molar refractivity (Wildman–Crippen MR) is 86.9 cm³/mol. The molecule has 1 aliphatic carbocycles. The molecule has 0 aliphatic heterocycles. The summed E-state index contributed by atoms with van der Waals surface area (Å²) in [5.41, 5.74) is 0.805. The maximum atomic E-state index is 14.0. The average molecular weight is 292 g/mol. The van der Waals surface area contributed by atoms with Crippen LogP contribution >= 0.6 is 0 Å². The smallest absolute Gasteiger partial charge is 0.127 e. The lowest BCUT2D eigenvalue weighted by atomic mass is 10.0. The first-order valence-electron chi connectivity index (χ1n) is 8.33. The Morgan fingerprint density at radius 2 is 2.00 bits per heavy atom. The van der Waals surface area contributed by atoms with Crippen molar-refractivity contribution in [2.75, 3.05) is 19.6 Å². The second-order valence-electron chi connectivity index (χ2n) is 6.54. The molecule has 21 heavy (non-hydrogen) atoms. The number of benzene rings is 1. The molecule has 1 N–H and O–H groups in total. The topological polar surface area (TPSA) is 15.3 Å². The minimum absolute atomic E-state index is 0.0923. The van der Waals surface area contributed by atoms with Crippen molar-refractivity contribution in [3.8, 4) is 0 Å². The standard InChI is InChI=1S/C18H29FN2/c1-4-20-18(16-7-5-6-8-17(16)19)11-12-21(13-14(2)3)15-9-10-15/h5-8,14-15,18,20H,4,9-13H2,1-3H3. The van der Waals surface area contributed by atoms with E-state index in [0.717, 1.165) is 37.7 Å². The summed E-state index contributed by atoms with van der Waals surface area (Å²) in [6.45, 7) is 9.70. The molecule has 0 aromatic heterocycles. The molecule has 0 spiro atoms. The van der Waals surface area contributed by atoms with Crippen molar-refractivity contribution in [3.63, 3.8) is 0 Å². The molecule has 1 saturated carbocycles. The van der Waals surface area contributed by atoms with E-state index in [1.807, 2.05) is 12.1 Å². The van der Waals surface area contributed by atoms with E-state index >= 15 is 0 Å². The van der Waals surface area contributed by atoms with Gasteiger partial charge in [-0.3, -0.25) is 0 Å². The van der Waals surface area contributed by atoms with Crippen LogP contribution < -0.4 is 5.32 Å². The molecule has 1 aromatic rings. The third-order valence-corrected chi connectivity index (χ3v) is 4.10. The van der Waals surface area contributed by atoms with Crippen LogP contribution in [0, 0.1) is 11.7 Å². The Morgan fingerprint density at radius 3 is 2.57 bits per heavy atom. The maximum absolute atomic E-state index is 14.0. The van der Waals surface area contributed by atoms with Gasteiger partial charge < -0.3 is 10.2 Å². The van der Waals surface area contributed by atoms with Crippen molar-refractivity contribution >= 4 is 0 Å². The zero-order valence-electron chi connectivity index (χ0n) is 13.6. The molecule has 0 radical (unpaired) electrons. The molecule has 118 valence electrons. The van der Waals surface area contributed by atoms with Gasteiger partial charge in [-0.05, 0) is 37.8 Å². The monoisotopic (exact) mass is 292 g/mol. The van der Waals surface area contributed by atoms with Crippen LogP contribution in [-0.2, 0) is 0 Å². The van der Waals surface area contributed by atoms with Crippen molar-refractivity contribution in [3.05, 3.63) is 35.6 Å². The minimum Gasteiger partial charge on any atom is -0.310 e. The van der Waals surface area contributed by atoms with Gasteiger partial charge in [0, 0.05) is 30.7 Å². The highest BCUT2D eigenvalue weighted by Crippen LogP contribution is 2.29. The number of hydrogen-bond acceptors (Lipinski definition) is 2. The van der Waals surface area contributed by atoms with E-state index in [9.17, 15) is 4.39 Å². The summed E-state index contributed by atoms with van der Waals surface area (Å²) in [5.74, 6) is 0.599. The highest BCUT2D eigenvalue weighted by molar-refractivity contribution is 5.21. The second-order valence-corrected chi connectivity index (χ2v) is 6.54. The van der Waals surface area contributed by atoms with E-state index < -0.39 is 0 Å². The Morgan fingerprint density at radius 1 is 1.29 bits per heavy atom. The van der Waals surface area contributed by atoms with E-state index in [2.05, 4.69) is 31.0 Å². The van der Waals surface area contributed by atoms with E-state index in [4.69, 9.17) is 0 Å². The molecule has 2 rings (SSSR count). The molecule has 1 aliphatic rings. The van der Waals surface area contributed by atoms with Crippen LogP contribution in [0.5, 0.6) is 0 Å². The molecule has 0 bridgehead atoms. The molecule has 1 fully saturated rings. The lowest BCUT2D eigenvalue weighted by Gasteiger charge is -2.27. The van der Waals surface area contributed by atoms with Gasteiger partial charge in [0.05, 0.1) is 0 Å². The Hall–Kier alpha value is -0.930. The summed E-state index contributed by atoms with van der Waals surface area (Å²) in [5, 5.41) is 3.44. The Bertz CT molecular complexity index is 429. The van der Waals surface area contributed by atoms with Crippen molar-refractivity contribution < 1.29 is 4.39 Å². The van der Waals surface area contributed by atoms with E-state index in [1.165, 1.54) is 12.8 Å². The SMILES string of the molecule is CCNC(CCN(CC(C)C)C1CC1)c1ccccc1F. The van der Waals surface area contributed by atoms with Gasteiger partial charge in [0.25, 0.3) is 0 Å². The molecule has 0 amide bonds. The van der Waals surface area contributed by atoms with Crippen molar-refractivity contribution in [1.29, 1.82) is 0 Å². The van der Waals surface area contributed by atoms with Gasteiger partial charge in [-0.15, -0.1) is 0 Å². The molecule has 3 heteroatoms. The third-order valence-electron chi connectivity index (χ3n) is 4.10. The first-order valence-corrected chi connectivity index (χ1v) is 8.33. The van der Waals surface area contributed by atoms with Crippen molar-refractivity contribution in [1.82, 2.24) is 10.2 Å². The fourth-order valence-electron chi connectivity index (χ4n) is 3.00.